The summed E-state index contributed by atoms with van der Waals surface area (Å²) in [5.74, 6) is 0. The van der Waals surface area contributed by atoms with E-state index in [1.165, 1.54) is 12.4 Å². The Morgan fingerprint density at radius 3 is 2.63 bits per heavy atom. The van der Waals surface area contributed by atoms with Crippen LogP contribution in [0.25, 0.3) is 0 Å². The van der Waals surface area contributed by atoms with Crippen LogP contribution in [0.3, 0.4) is 0 Å². The smallest absolute Gasteiger partial charge is 0.263 e. The second-order valence-corrected chi connectivity index (χ2v) is 5.83. The largest absolute Gasteiger partial charge is 0.352 e. The van der Waals surface area contributed by atoms with Crippen LogP contribution in [0.4, 0.5) is 5.69 Å². The van der Waals surface area contributed by atoms with Crippen molar-refractivity contribution in [3.05, 3.63) is 42.5 Å². The van der Waals surface area contributed by atoms with Crippen molar-refractivity contribution in [1.82, 2.24) is 14.9 Å². The summed E-state index contributed by atoms with van der Waals surface area (Å²) >= 11 is 0. The van der Waals surface area contributed by atoms with E-state index in [4.69, 9.17) is 0 Å². The van der Waals surface area contributed by atoms with Crippen LogP contribution in [-0.4, -0.2) is 25.0 Å². The molecule has 19 heavy (non-hydrogen) atoms. The third kappa shape index (κ3) is 3.12. The highest BCUT2D eigenvalue weighted by Gasteiger charge is 2.17. The summed E-state index contributed by atoms with van der Waals surface area (Å²) < 4.78 is 28.7. The van der Waals surface area contributed by atoms with Crippen molar-refractivity contribution in [3.8, 4) is 0 Å². The standard InChI is InChI=1S/C12H16N4O2S/c1-13-8-11-7-12(9-16(11)2)19(17,18)15-10-3-5-14-6-4-10/h3-7,9,13H,8H2,1-2H3,(H,14,15). The molecule has 0 amide bonds. The van der Waals surface area contributed by atoms with Crippen molar-refractivity contribution in [2.24, 2.45) is 7.05 Å². The molecule has 102 valence electrons. The van der Waals surface area contributed by atoms with E-state index < -0.39 is 10.0 Å². The van der Waals surface area contributed by atoms with E-state index in [-0.39, 0.29) is 4.90 Å². The molecule has 2 aromatic rings. The number of aromatic nitrogens is 2. The fraction of sp³-hybridized carbons (Fsp3) is 0.250. The molecule has 0 radical (unpaired) electrons. The van der Waals surface area contributed by atoms with Crippen molar-refractivity contribution in [2.75, 3.05) is 11.8 Å². The molecule has 0 aliphatic heterocycles. The lowest BCUT2D eigenvalue weighted by Crippen LogP contribution is -2.12. The predicted octanol–water partition coefficient (Wildman–Crippen LogP) is 0.940. The number of rotatable bonds is 5. The fourth-order valence-corrected chi connectivity index (χ4v) is 2.87. The van der Waals surface area contributed by atoms with Crippen molar-refractivity contribution in [1.29, 1.82) is 0 Å². The molecule has 0 spiro atoms. The normalized spacial score (nSPS) is 11.5. The Morgan fingerprint density at radius 1 is 1.32 bits per heavy atom. The minimum absolute atomic E-state index is 0.247. The number of nitrogens with one attached hydrogen (secondary N) is 2. The van der Waals surface area contributed by atoms with Gasteiger partial charge in [0.25, 0.3) is 10.0 Å². The van der Waals surface area contributed by atoms with Crippen molar-refractivity contribution in [2.45, 2.75) is 11.4 Å². The molecule has 2 rings (SSSR count). The molecule has 0 aliphatic rings. The summed E-state index contributed by atoms with van der Waals surface area (Å²) in [6, 6.07) is 4.87. The number of pyridine rings is 1. The summed E-state index contributed by atoms with van der Waals surface area (Å²) in [5, 5.41) is 2.99. The van der Waals surface area contributed by atoms with Crippen molar-refractivity contribution >= 4 is 15.7 Å². The third-order valence-electron chi connectivity index (χ3n) is 2.68. The van der Waals surface area contributed by atoms with E-state index in [1.807, 2.05) is 14.1 Å². The summed E-state index contributed by atoms with van der Waals surface area (Å²) in [4.78, 5) is 4.09. The van der Waals surface area contributed by atoms with Gasteiger partial charge in [-0.1, -0.05) is 0 Å². The number of anilines is 1. The Labute approximate surface area is 112 Å². The van der Waals surface area contributed by atoms with Crippen molar-refractivity contribution in [3.63, 3.8) is 0 Å². The molecule has 2 N–H and O–H groups in total. The first-order valence-corrected chi connectivity index (χ1v) is 7.24. The van der Waals surface area contributed by atoms with Gasteiger partial charge in [0.05, 0.1) is 5.69 Å². The predicted molar refractivity (Wildman–Crippen MR) is 73.2 cm³/mol. The molecule has 0 saturated heterocycles. The summed E-state index contributed by atoms with van der Waals surface area (Å²) in [5.41, 5.74) is 1.40. The van der Waals surface area contributed by atoms with E-state index in [9.17, 15) is 8.42 Å². The minimum Gasteiger partial charge on any atom is -0.352 e. The average Bonchev–Trinajstić information content (AvgIpc) is 2.73. The SMILES string of the molecule is CNCc1cc(S(=O)(=O)Nc2ccncc2)cn1C. The Kier molecular flexibility index (Phi) is 3.87. The van der Waals surface area contributed by atoms with Gasteiger partial charge in [0.1, 0.15) is 4.90 Å². The first kappa shape index (κ1) is 13.6. The number of nitrogens with zero attached hydrogens (tertiary/aromatic N) is 2. The zero-order valence-electron chi connectivity index (χ0n) is 10.8. The first-order valence-electron chi connectivity index (χ1n) is 5.75. The van der Waals surface area contributed by atoms with E-state index >= 15 is 0 Å². The highest BCUT2D eigenvalue weighted by Crippen LogP contribution is 2.17. The lowest BCUT2D eigenvalue weighted by atomic mass is 10.4. The Hall–Kier alpha value is -1.86. The van der Waals surface area contributed by atoms with Crippen LogP contribution < -0.4 is 10.0 Å². The van der Waals surface area contributed by atoms with Crippen LogP contribution in [0.2, 0.25) is 0 Å². The van der Waals surface area contributed by atoms with Crippen LogP contribution in [0.15, 0.2) is 41.7 Å². The maximum Gasteiger partial charge on any atom is 0.263 e. The molecule has 0 unspecified atom stereocenters. The molecular weight excluding hydrogens is 264 g/mol. The molecule has 7 heteroatoms. The fourth-order valence-electron chi connectivity index (χ4n) is 1.71. The first-order chi connectivity index (χ1) is 9.03. The maximum absolute atomic E-state index is 12.2. The average molecular weight is 280 g/mol. The zero-order valence-corrected chi connectivity index (χ0v) is 11.6. The maximum atomic E-state index is 12.2. The second-order valence-electron chi connectivity index (χ2n) is 4.15. The third-order valence-corrected chi connectivity index (χ3v) is 4.03. The quantitative estimate of drug-likeness (QED) is 0.854. The highest BCUT2D eigenvalue weighted by molar-refractivity contribution is 7.92. The van der Waals surface area contributed by atoms with Gasteiger partial charge in [0, 0.05) is 37.9 Å². The van der Waals surface area contributed by atoms with Gasteiger partial charge in [-0.15, -0.1) is 0 Å². The van der Waals surface area contributed by atoms with Crippen LogP contribution in [0, 0.1) is 0 Å². The van der Waals surface area contributed by atoms with Gasteiger partial charge in [-0.3, -0.25) is 9.71 Å². The van der Waals surface area contributed by atoms with Gasteiger partial charge in [-0.05, 0) is 25.2 Å². The number of aryl methyl sites for hydroxylation is 1. The molecule has 2 aromatic heterocycles. The molecular formula is C12H16N4O2S. The Morgan fingerprint density at radius 2 is 2.00 bits per heavy atom. The molecule has 6 nitrogen and oxygen atoms in total. The van der Waals surface area contributed by atoms with Gasteiger partial charge in [0.2, 0.25) is 0 Å². The lowest BCUT2D eigenvalue weighted by molar-refractivity contribution is 0.601. The second kappa shape index (κ2) is 5.41. The minimum atomic E-state index is -3.56. The van der Waals surface area contributed by atoms with E-state index in [1.54, 1.807) is 29.0 Å². The van der Waals surface area contributed by atoms with Gasteiger partial charge in [-0.25, -0.2) is 8.42 Å². The molecule has 0 aliphatic carbocycles. The van der Waals surface area contributed by atoms with E-state index in [0.29, 0.717) is 12.2 Å². The Bertz CT molecular complexity index is 650. The number of sulfonamides is 1. The molecule has 0 bridgehead atoms. The zero-order chi connectivity index (χ0) is 13.9. The van der Waals surface area contributed by atoms with Crippen LogP contribution in [0.1, 0.15) is 5.69 Å². The number of hydrogen-bond donors (Lipinski definition) is 2. The van der Waals surface area contributed by atoms with E-state index in [2.05, 4.69) is 15.0 Å². The summed E-state index contributed by atoms with van der Waals surface area (Å²) in [7, 11) is 0.0738. The van der Waals surface area contributed by atoms with Gasteiger partial charge >= 0.3 is 0 Å². The van der Waals surface area contributed by atoms with Gasteiger partial charge in [-0.2, -0.15) is 0 Å². The van der Waals surface area contributed by atoms with Crippen LogP contribution in [-0.2, 0) is 23.6 Å². The highest BCUT2D eigenvalue weighted by atomic mass is 32.2. The van der Waals surface area contributed by atoms with Crippen LogP contribution in [0.5, 0.6) is 0 Å². The summed E-state index contributed by atoms with van der Waals surface area (Å²) in [6.07, 6.45) is 4.67. The lowest BCUT2D eigenvalue weighted by Gasteiger charge is -2.05. The topological polar surface area (TPSA) is 76.0 Å². The van der Waals surface area contributed by atoms with Gasteiger partial charge in [0.15, 0.2) is 0 Å². The summed E-state index contributed by atoms with van der Waals surface area (Å²) in [6.45, 7) is 0.612. The number of hydrogen-bond acceptors (Lipinski definition) is 4. The Balaban J connectivity index is 2.27. The van der Waals surface area contributed by atoms with E-state index in [0.717, 1.165) is 5.69 Å². The molecule has 0 saturated carbocycles. The molecule has 0 fully saturated rings. The molecule has 2 heterocycles. The molecule has 0 atom stereocenters. The van der Waals surface area contributed by atoms with Crippen LogP contribution >= 0.6 is 0 Å². The van der Waals surface area contributed by atoms with Gasteiger partial charge < -0.3 is 9.88 Å². The van der Waals surface area contributed by atoms with Crippen molar-refractivity contribution < 1.29 is 8.42 Å². The molecule has 0 aromatic carbocycles. The monoisotopic (exact) mass is 280 g/mol.